The Balaban J connectivity index is 1.47. The molecule has 0 aliphatic carbocycles. The number of hydrogen-bond donors (Lipinski definition) is 2. The van der Waals surface area contributed by atoms with Gasteiger partial charge in [-0.2, -0.15) is 0 Å². The smallest absolute Gasteiger partial charge is 0.338 e. The molecular weight excluding hydrogens is 518 g/mol. The van der Waals surface area contributed by atoms with E-state index in [4.69, 9.17) is 16.3 Å². The minimum absolute atomic E-state index is 0.112. The van der Waals surface area contributed by atoms with Crippen LogP contribution in [0.1, 0.15) is 53.0 Å². The Bertz CT molecular complexity index is 1450. The summed E-state index contributed by atoms with van der Waals surface area (Å²) >= 11 is 6.27. The summed E-state index contributed by atoms with van der Waals surface area (Å²) in [6.45, 7) is 4.33. The number of aryl methyl sites for hydroxylation is 1. The van der Waals surface area contributed by atoms with Crippen LogP contribution in [0.15, 0.2) is 83.5 Å². The number of benzene rings is 3. The van der Waals surface area contributed by atoms with Gasteiger partial charge in [0.25, 0.3) is 17.7 Å². The zero-order valence-electron chi connectivity index (χ0n) is 21.6. The Morgan fingerprint density at radius 1 is 0.897 bits per heavy atom. The second-order valence-corrected chi connectivity index (χ2v) is 9.22. The summed E-state index contributed by atoms with van der Waals surface area (Å²) in [7, 11) is 0. The standard InChI is InChI=1S/C30H28ClN3O5/c1-3-5-17-39-30(38)20-13-15-23(16-14-20)34-28(36)25(31)26(29(34)37)32-22-11-8-10-21(18-22)27(35)33-24-12-7-6-9-19(24)4-2/h6-16,18,32H,3-5,17H2,1-2H3,(H,33,35). The van der Waals surface area contributed by atoms with E-state index < -0.39 is 17.8 Å². The molecule has 0 atom stereocenters. The molecule has 3 aromatic carbocycles. The summed E-state index contributed by atoms with van der Waals surface area (Å²) in [4.78, 5) is 52.0. The van der Waals surface area contributed by atoms with Gasteiger partial charge in [0.1, 0.15) is 10.7 Å². The van der Waals surface area contributed by atoms with Crippen LogP contribution >= 0.6 is 11.6 Å². The number of halogens is 1. The maximum absolute atomic E-state index is 13.2. The van der Waals surface area contributed by atoms with Gasteiger partial charge in [-0.25, -0.2) is 9.69 Å². The molecule has 3 amide bonds. The van der Waals surface area contributed by atoms with E-state index >= 15 is 0 Å². The first-order valence-electron chi connectivity index (χ1n) is 12.7. The largest absolute Gasteiger partial charge is 0.462 e. The highest BCUT2D eigenvalue weighted by Crippen LogP contribution is 2.30. The van der Waals surface area contributed by atoms with Crippen LogP contribution in [0.3, 0.4) is 0 Å². The van der Waals surface area contributed by atoms with Gasteiger partial charge in [0, 0.05) is 16.9 Å². The number of para-hydroxylation sites is 1. The lowest BCUT2D eigenvalue weighted by molar-refractivity contribution is -0.120. The molecule has 0 radical (unpaired) electrons. The number of anilines is 3. The summed E-state index contributed by atoms with van der Waals surface area (Å²) in [5.41, 5.74) is 2.95. The summed E-state index contributed by atoms with van der Waals surface area (Å²) < 4.78 is 5.19. The number of nitrogens with zero attached hydrogens (tertiary/aromatic N) is 1. The number of imide groups is 1. The van der Waals surface area contributed by atoms with Crippen LogP contribution in [-0.4, -0.2) is 30.3 Å². The molecule has 0 saturated carbocycles. The maximum Gasteiger partial charge on any atom is 0.338 e. The van der Waals surface area contributed by atoms with Gasteiger partial charge in [-0.3, -0.25) is 14.4 Å². The number of carbonyl (C=O) groups excluding carboxylic acids is 4. The number of unbranched alkanes of at least 4 members (excludes halogenated alkanes) is 1. The van der Waals surface area contributed by atoms with E-state index in [1.54, 1.807) is 24.3 Å². The molecule has 0 bridgehead atoms. The second-order valence-electron chi connectivity index (χ2n) is 8.84. The second kappa shape index (κ2) is 12.4. The van der Waals surface area contributed by atoms with Gasteiger partial charge in [0.2, 0.25) is 0 Å². The fourth-order valence-corrected chi connectivity index (χ4v) is 4.23. The first kappa shape index (κ1) is 27.6. The maximum atomic E-state index is 13.2. The van der Waals surface area contributed by atoms with Crippen molar-refractivity contribution in [1.29, 1.82) is 0 Å². The lowest BCUT2D eigenvalue weighted by Crippen LogP contribution is -2.32. The summed E-state index contributed by atoms with van der Waals surface area (Å²) in [6.07, 6.45) is 2.44. The fourth-order valence-electron chi connectivity index (χ4n) is 4.01. The lowest BCUT2D eigenvalue weighted by atomic mass is 10.1. The number of rotatable bonds is 10. The van der Waals surface area contributed by atoms with Crippen molar-refractivity contribution in [3.05, 3.63) is 100 Å². The van der Waals surface area contributed by atoms with E-state index in [2.05, 4.69) is 10.6 Å². The van der Waals surface area contributed by atoms with Gasteiger partial charge in [0.05, 0.1) is 17.9 Å². The molecule has 8 nitrogen and oxygen atoms in total. The zero-order chi connectivity index (χ0) is 27.9. The molecule has 1 heterocycles. The molecule has 39 heavy (non-hydrogen) atoms. The summed E-state index contributed by atoms with van der Waals surface area (Å²) in [6, 6.07) is 20.0. The quantitative estimate of drug-likeness (QED) is 0.187. The van der Waals surface area contributed by atoms with Crippen molar-refractivity contribution in [2.75, 3.05) is 22.1 Å². The number of ether oxygens (including phenoxy) is 1. The van der Waals surface area contributed by atoms with Crippen LogP contribution in [0.4, 0.5) is 17.1 Å². The molecule has 1 aliphatic rings. The van der Waals surface area contributed by atoms with Crippen molar-refractivity contribution in [1.82, 2.24) is 0 Å². The van der Waals surface area contributed by atoms with E-state index in [-0.39, 0.29) is 22.3 Å². The Kier molecular flexibility index (Phi) is 8.78. The highest BCUT2D eigenvalue weighted by Gasteiger charge is 2.39. The third-order valence-corrected chi connectivity index (χ3v) is 6.51. The first-order chi connectivity index (χ1) is 18.8. The van der Waals surface area contributed by atoms with Gasteiger partial charge in [-0.1, -0.05) is 56.1 Å². The SMILES string of the molecule is CCCCOC(=O)c1ccc(N2C(=O)C(Cl)=C(Nc3cccc(C(=O)Nc4ccccc4CC)c3)C2=O)cc1. The van der Waals surface area contributed by atoms with E-state index in [0.717, 1.165) is 35.4 Å². The zero-order valence-corrected chi connectivity index (χ0v) is 22.4. The van der Waals surface area contributed by atoms with Gasteiger partial charge in [-0.15, -0.1) is 0 Å². The van der Waals surface area contributed by atoms with Crippen molar-refractivity contribution >= 4 is 52.4 Å². The van der Waals surface area contributed by atoms with Crippen molar-refractivity contribution in [2.45, 2.75) is 33.1 Å². The van der Waals surface area contributed by atoms with Gasteiger partial charge < -0.3 is 15.4 Å². The monoisotopic (exact) mass is 545 g/mol. The highest BCUT2D eigenvalue weighted by atomic mass is 35.5. The van der Waals surface area contributed by atoms with Crippen LogP contribution < -0.4 is 15.5 Å². The molecule has 0 fully saturated rings. The third kappa shape index (κ3) is 6.18. The molecule has 1 aliphatic heterocycles. The number of esters is 1. The average Bonchev–Trinajstić information content (AvgIpc) is 3.16. The molecule has 0 saturated heterocycles. The van der Waals surface area contributed by atoms with Crippen molar-refractivity contribution in [2.24, 2.45) is 0 Å². The molecule has 2 N–H and O–H groups in total. The number of hydrogen-bond acceptors (Lipinski definition) is 6. The van der Waals surface area contributed by atoms with Crippen LogP contribution in [0, 0.1) is 0 Å². The van der Waals surface area contributed by atoms with Crippen LogP contribution in [0.25, 0.3) is 0 Å². The summed E-state index contributed by atoms with van der Waals surface area (Å²) in [5, 5.41) is 5.52. The molecule has 3 aromatic rings. The van der Waals surface area contributed by atoms with E-state index in [1.807, 2.05) is 38.1 Å². The number of nitrogens with one attached hydrogen (secondary N) is 2. The minimum Gasteiger partial charge on any atom is -0.462 e. The van der Waals surface area contributed by atoms with E-state index in [9.17, 15) is 19.2 Å². The molecule has 9 heteroatoms. The predicted octanol–water partition coefficient (Wildman–Crippen LogP) is 5.89. The van der Waals surface area contributed by atoms with E-state index in [0.29, 0.717) is 23.4 Å². The molecule has 0 aromatic heterocycles. The summed E-state index contributed by atoms with van der Waals surface area (Å²) in [5.74, 6) is -2.15. The Labute approximate surface area is 231 Å². The van der Waals surface area contributed by atoms with Crippen molar-refractivity contribution < 1.29 is 23.9 Å². The van der Waals surface area contributed by atoms with Crippen LogP contribution in [0.2, 0.25) is 0 Å². The van der Waals surface area contributed by atoms with Crippen LogP contribution in [-0.2, 0) is 20.7 Å². The average molecular weight is 546 g/mol. The van der Waals surface area contributed by atoms with Crippen molar-refractivity contribution in [3.63, 3.8) is 0 Å². The van der Waals surface area contributed by atoms with E-state index in [1.165, 1.54) is 24.3 Å². The third-order valence-electron chi connectivity index (χ3n) is 6.16. The Morgan fingerprint density at radius 2 is 1.64 bits per heavy atom. The molecular formula is C30H28ClN3O5. The topological polar surface area (TPSA) is 105 Å². The first-order valence-corrected chi connectivity index (χ1v) is 13.0. The van der Waals surface area contributed by atoms with Crippen molar-refractivity contribution in [3.8, 4) is 0 Å². The Morgan fingerprint density at radius 3 is 2.36 bits per heavy atom. The van der Waals surface area contributed by atoms with Crippen LogP contribution in [0.5, 0.6) is 0 Å². The highest BCUT2D eigenvalue weighted by molar-refractivity contribution is 6.53. The minimum atomic E-state index is -0.701. The molecule has 0 spiro atoms. The predicted molar refractivity (Wildman–Crippen MR) is 151 cm³/mol. The van der Waals surface area contributed by atoms with Gasteiger partial charge in [-0.05, 0) is 66.9 Å². The normalized spacial score (nSPS) is 13.1. The van der Waals surface area contributed by atoms with Gasteiger partial charge in [0.15, 0.2) is 0 Å². The van der Waals surface area contributed by atoms with Gasteiger partial charge >= 0.3 is 5.97 Å². The fraction of sp³-hybridized carbons (Fsp3) is 0.200. The lowest BCUT2D eigenvalue weighted by Gasteiger charge is -2.16. The molecule has 4 rings (SSSR count). The number of carbonyl (C=O) groups is 4. The number of amides is 3. The Hall–Kier alpha value is -4.43. The molecule has 0 unspecified atom stereocenters. The molecule has 200 valence electrons.